The summed E-state index contributed by atoms with van der Waals surface area (Å²) >= 11 is 0. The van der Waals surface area contributed by atoms with Crippen molar-refractivity contribution in [2.75, 3.05) is 6.54 Å². The fraction of sp³-hybridized carbons (Fsp3) is 0.500. The van der Waals surface area contributed by atoms with Gasteiger partial charge in [-0.3, -0.25) is 4.79 Å². The predicted molar refractivity (Wildman–Crippen MR) is 78.1 cm³/mol. The lowest BCUT2D eigenvalue weighted by Crippen LogP contribution is -2.38. The van der Waals surface area contributed by atoms with Gasteiger partial charge in [-0.05, 0) is 36.5 Å². The highest BCUT2D eigenvalue weighted by atomic mass is 32.2. The average molecular weight is 332 g/mol. The van der Waals surface area contributed by atoms with Gasteiger partial charge in [-0.25, -0.2) is 8.42 Å². The first-order chi connectivity index (χ1) is 10.3. The Morgan fingerprint density at radius 2 is 1.86 bits per heavy atom. The van der Waals surface area contributed by atoms with Crippen molar-refractivity contribution < 1.29 is 22.0 Å². The minimum atomic E-state index is -4.46. The molecule has 0 bridgehead atoms. The first-order valence-electron chi connectivity index (χ1n) is 6.92. The van der Waals surface area contributed by atoms with E-state index in [2.05, 4.69) is 5.32 Å². The van der Waals surface area contributed by atoms with Gasteiger partial charge in [-0.15, -0.1) is 0 Å². The molecular weight excluding hydrogens is 314 g/mol. The molecular formula is C14H18F2N2O3S. The number of hydrogen-bond donors (Lipinski definition) is 2. The zero-order valence-corrected chi connectivity index (χ0v) is 12.7. The van der Waals surface area contributed by atoms with E-state index in [4.69, 9.17) is 5.73 Å². The Labute approximate surface area is 127 Å². The van der Waals surface area contributed by atoms with Gasteiger partial charge in [0.25, 0.3) is 5.91 Å². The van der Waals surface area contributed by atoms with Crippen LogP contribution >= 0.6 is 0 Å². The van der Waals surface area contributed by atoms with E-state index in [0.717, 1.165) is 12.8 Å². The Morgan fingerprint density at radius 3 is 2.36 bits per heavy atom. The van der Waals surface area contributed by atoms with Crippen molar-refractivity contribution in [1.82, 2.24) is 5.32 Å². The van der Waals surface area contributed by atoms with Gasteiger partial charge in [0.05, 0.1) is 5.75 Å². The zero-order valence-electron chi connectivity index (χ0n) is 11.8. The highest BCUT2D eigenvalue weighted by Gasteiger charge is 2.28. The van der Waals surface area contributed by atoms with Gasteiger partial charge in [-0.2, -0.15) is 8.78 Å². The van der Waals surface area contributed by atoms with Crippen molar-refractivity contribution >= 4 is 15.7 Å². The van der Waals surface area contributed by atoms with E-state index in [0.29, 0.717) is 18.0 Å². The number of hydrogen-bond acceptors (Lipinski definition) is 4. The second-order valence-corrected chi connectivity index (χ2v) is 7.45. The molecule has 1 aliphatic carbocycles. The lowest BCUT2D eigenvalue weighted by atomic mass is 10.1. The number of sulfone groups is 1. The third kappa shape index (κ3) is 4.48. The molecule has 1 atom stereocenters. The lowest BCUT2D eigenvalue weighted by Gasteiger charge is -2.11. The van der Waals surface area contributed by atoms with Crippen LogP contribution in [0.3, 0.4) is 0 Å². The first kappa shape index (κ1) is 16.8. The number of benzene rings is 1. The molecule has 22 heavy (non-hydrogen) atoms. The van der Waals surface area contributed by atoms with E-state index >= 15 is 0 Å². The highest BCUT2D eigenvalue weighted by molar-refractivity contribution is 7.90. The number of amides is 1. The molecule has 0 radical (unpaired) electrons. The molecule has 0 saturated heterocycles. The summed E-state index contributed by atoms with van der Waals surface area (Å²) in [6, 6.07) is 5.48. The van der Waals surface area contributed by atoms with Gasteiger partial charge in [0, 0.05) is 18.2 Å². The summed E-state index contributed by atoms with van der Waals surface area (Å²) in [7, 11) is -4.46. The maximum absolute atomic E-state index is 12.3. The van der Waals surface area contributed by atoms with Gasteiger partial charge in [0.1, 0.15) is 0 Å². The number of carbonyl (C=O) groups excluding carboxylic acids is 1. The lowest BCUT2D eigenvalue weighted by molar-refractivity contribution is 0.0950. The van der Waals surface area contributed by atoms with Crippen molar-refractivity contribution in [3.63, 3.8) is 0 Å². The minimum Gasteiger partial charge on any atom is -0.350 e. The number of alkyl halides is 2. The van der Waals surface area contributed by atoms with E-state index in [-0.39, 0.29) is 17.5 Å². The highest BCUT2D eigenvalue weighted by Crippen LogP contribution is 2.31. The average Bonchev–Trinajstić information content (AvgIpc) is 3.29. The van der Waals surface area contributed by atoms with Crippen LogP contribution in [-0.4, -0.2) is 32.7 Å². The molecule has 1 aromatic rings. The standard InChI is InChI=1S/C14H18F2N2O3S/c15-14(16)22(20,21)8-9-1-3-11(4-2-9)13(19)18-7-12(17)10-5-6-10/h1-4,10,12,14H,5-8,17H2,(H,18,19). The third-order valence-corrected chi connectivity index (χ3v) is 4.86. The number of halogens is 2. The summed E-state index contributed by atoms with van der Waals surface area (Å²) in [5.74, 6) is -4.00. The van der Waals surface area contributed by atoms with Crippen molar-refractivity contribution in [1.29, 1.82) is 0 Å². The summed E-state index contributed by atoms with van der Waals surface area (Å²) in [6.45, 7) is 0.380. The summed E-state index contributed by atoms with van der Waals surface area (Å²) in [5, 5.41) is 2.70. The topological polar surface area (TPSA) is 89.3 Å². The van der Waals surface area contributed by atoms with E-state index in [1.54, 1.807) is 0 Å². The van der Waals surface area contributed by atoms with Crippen molar-refractivity contribution in [3.8, 4) is 0 Å². The van der Waals surface area contributed by atoms with Crippen LogP contribution in [0, 0.1) is 5.92 Å². The van der Waals surface area contributed by atoms with Crippen LogP contribution in [0.5, 0.6) is 0 Å². The third-order valence-electron chi connectivity index (χ3n) is 3.58. The summed E-state index contributed by atoms with van der Waals surface area (Å²) < 4.78 is 46.8. The normalized spacial score (nSPS) is 16.5. The molecule has 0 aromatic heterocycles. The van der Waals surface area contributed by atoms with Gasteiger partial charge in [0.15, 0.2) is 0 Å². The second-order valence-electron chi connectivity index (χ2n) is 5.48. The maximum Gasteiger partial charge on any atom is 0.337 e. The SMILES string of the molecule is NC(CNC(=O)c1ccc(CS(=O)(=O)C(F)F)cc1)C1CC1. The molecule has 1 saturated carbocycles. The number of nitrogens with one attached hydrogen (secondary N) is 1. The second kappa shape index (κ2) is 6.70. The van der Waals surface area contributed by atoms with Gasteiger partial charge < -0.3 is 11.1 Å². The molecule has 8 heteroatoms. The van der Waals surface area contributed by atoms with Crippen LogP contribution in [0.1, 0.15) is 28.8 Å². The molecule has 1 unspecified atom stereocenters. The number of rotatable bonds is 7. The molecule has 1 aliphatic rings. The number of carbonyl (C=O) groups is 1. The monoisotopic (exact) mass is 332 g/mol. The smallest absolute Gasteiger partial charge is 0.337 e. The minimum absolute atomic E-state index is 0.0561. The molecule has 1 amide bonds. The van der Waals surface area contributed by atoms with E-state index in [1.807, 2.05) is 0 Å². The van der Waals surface area contributed by atoms with E-state index in [1.165, 1.54) is 24.3 Å². The predicted octanol–water partition coefficient (Wildman–Crippen LogP) is 1.29. The first-order valence-corrected chi connectivity index (χ1v) is 8.63. The van der Waals surface area contributed by atoms with Crippen LogP contribution in [0.4, 0.5) is 8.78 Å². The summed E-state index contributed by atoms with van der Waals surface area (Å²) in [4.78, 5) is 11.9. The van der Waals surface area contributed by atoms with Crippen molar-refractivity contribution in [3.05, 3.63) is 35.4 Å². The van der Waals surface area contributed by atoms with Crippen LogP contribution in [0.15, 0.2) is 24.3 Å². The molecule has 0 spiro atoms. The fourth-order valence-corrected chi connectivity index (χ4v) is 2.83. The maximum atomic E-state index is 12.3. The van der Waals surface area contributed by atoms with Gasteiger partial charge in [0.2, 0.25) is 9.84 Å². The molecule has 1 fully saturated rings. The Morgan fingerprint density at radius 1 is 1.27 bits per heavy atom. The fourth-order valence-electron chi connectivity index (χ4n) is 2.05. The molecule has 3 N–H and O–H groups in total. The summed E-state index contributed by atoms with van der Waals surface area (Å²) in [5.41, 5.74) is 6.42. The molecule has 0 aliphatic heterocycles. The molecule has 0 heterocycles. The summed E-state index contributed by atoms with van der Waals surface area (Å²) in [6.07, 6.45) is 2.18. The van der Waals surface area contributed by atoms with E-state index < -0.39 is 21.3 Å². The van der Waals surface area contributed by atoms with Crippen LogP contribution < -0.4 is 11.1 Å². The van der Waals surface area contributed by atoms with Crippen LogP contribution in [0.2, 0.25) is 0 Å². The Balaban J connectivity index is 1.91. The molecule has 5 nitrogen and oxygen atoms in total. The molecule has 1 aromatic carbocycles. The van der Waals surface area contributed by atoms with E-state index in [9.17, 15) is 22.0 Å². The quantitative estimate of drug-likeness (QED) is 0.787. The Hall–Kier alpha value is -1.54. The van der Waals surface area contributed by atoms with Gasteiger partial charge >= 0.3 is 5.76 Å². The largest absolute Gasteiger partial charge is 0.350 e. The van der Waals surface area contributed by atoms with Gasteiger partial charge in [-0.1, -0.05) is 12.1 Å². The van der Waals surface area contributed by atoms with Crippen LogP contribution in [0.25, 0.3) is 0 Å². The zero-order chi connectivity index (χ0) is 16.3. The molecule has 2 rings (SSSR count). The Bertz CT molecular complexity index is 628. The molecule has 122 valence electrons. The Kier molecular flexibility index (Phi) is 5.12. The van der Waals surface area contributed by atoms with Crippen molar-refractivity contribution in [2.45, 2.75) is 30.4 Å². The van der Waals surface area contributed by atoms with Crippen molar-refractivity contribution in [2.24, 2.45) is 11.7 Å². The van der Waals surface area contributed by atoms with Crippen LogP contribution in [-0.2, 0) is 15.6 Å². The number of nitrogens with two attached hydrogens (primary N) is 1.